The lowest BCUT2D eigenvalue weighted by molar-refractivity contribution is -0.123. The van der Waals surface area contributed by atoms with Gasteiger partial charge in [-0.25, -0.2) is 0 Å². The average Bonchev–Trinajstić information content (AvgIpc) is 2.80. The van der Waals surface area contributed by atoms with Gasteiger partial charge in [0.1, 0.15) is 17.2 Å². The topological polar surface area (TPSA) is 97.9 Å². The van der Waals surface area contributed by atoms with Gasteiger partial charge in [-0.2, -0.15) is 0 Å². The Bertz CT molecular complexity index is 856. The van der Waals surface area contributed by atoms with Crippen LogP contribution in [0.2, 0.25) is 0 Å². The van der Waals surface area contributed by atoms with E-state index in [1.54, 1.807) is 55.6 Å². The van der Waals surface area contributed by atoms with E-state index in [4.69, 9.17) is 26.4 Å². The number of nitrogens with one attached hydrogen (secondary N) is 3. The van der Waals surface area contributed by atoms with Crippen molar-refractivity contribution in [3.63, 3.8) is 0 Å². The number of amides is 2. The summed E-state index contributed by atoms with van der Waals surface area (Å²) in [4.78, 5) is 24.1. The van der Waals surface area contributed by atoms with Crippen LogP contribution in [-0.2, 0) is 4.79 Å². The van der Waals surface area contributed by atoms with Crippen molar-refractivity contribution in [2.24, 2.45) is 0 Å². The fourth-order valence-electron chi connectivity index (χ4n) is 2.43. The van der Waals surface area contributed by atoms with Crippen molar-refractivity contribution in [1.82, 2.24) is 16.2 Å². The van der Waals surface area contributed by atoms with Gasteiger partial charge in [0.15, 0.2) is 11.7 Å². The Balaban J connectivity index is 1.68. The summed E-state index contributed by atoms with van der Waals surface area (Å²) in [6.45, 7) is 2.55. The van der Waals surface area contributed by atoms with Crippen LogP contribution in [0.5, 0.6) is 17.2 Å². The van der Waals surface area contributed by atoms with Gasteiger partial charge in [-0.1, -0.05) is 19.8 Å². The fourth-order valence-corrected chi connectivity index (χ4v) is 2.58. The van der Waals surface area contributed by atoms with Crippen molar-refractivity contribution in [2.75, 3.05) is 20.3 Å². The lowest BCUT2D eigenvalue weighted by Crippen LogP contribution is -2.49. The number of rotatable bonds is 10. The second kappa shape index (κ2) is 13.1. The second-order valence-electron chi connectivity index (χ2n) is 6.50. The van der Waals surface area contributed by atoms with Crippen LogP contribution in [-0.4, -0.2) is 37.3 Å². The van der Waals surface area contributed by atoms with Crippen LogP contribution in [0.3, 0.4) is 0 Å². The van der Waals surface area contributed by atoms with E-state index in [1.807, 2.05) is 0 Å². The first-order valence-corrected chi connectivity index (χ1v) is 10.3. The zero-order valence-corrected chi connectivity index (χ0v) is 18.4. The van der Waals surface area contributed by atoms with Crippen molar-refractivity contribution < 1.29 is 23.8 Å². The third-order valence-electron chi connectivity index (χ3n) is 4.11. The van der Waals surface area contributed by atoms with E-state index in [0.717, 1.165) is 19.3 Å². The van der Waals surface area contributed by atoms with Gasteiger partial charge < -0.3 is 14.2 Å². The molecule has 0 aliphatic rings. The molecule has 0 unspecified atom stereocenters. The summed E-state index contributed by atoms with van der Waals surface area (Å²) in [6, 6.07) is 13.6. The lowest BCUT2D eigenvalue weighted by Gasteiger charge is -2.12. The number of hydrazine groups is 1. The molecule has 31 heavy (non-hydrogen) atoms. The molecular weight excluding hydrogens is 418 g/mol. The molecule has 0 aliphatic heterocycles. The maximum absolute atomic E-state index is 12.2. The van der Waals surface area contributed by atoms with Gasteiger partial charge in [0.2, 0.25) is 0 Å². The molecule has 2 aromatic rings. The first kappa shape index (κ1) is 23.9. The second-order valence-corrected chi connectivity index (χ2v) is 6.91. The predicted octanol–water partition coefficient (Wildman–Crippen LogP) is 2.98. The molecule has 2 aromatic carbocycles. The molecule has 0 fully saturated rings. The van der Waals surface area contributed by atoms with Crippen LogP contribution >= 0.6 is 12.2 Å². The number of thiocarbonyl (C=S) groups is 1. The SMILES string of the molecule is CCCCCOc1ccc(C(=O)NC(=S)NNC(=O)COc2ccc(OC)cc2)cc1. The Labute approximate surface area is 187 Å². The Hall–Kier alpha value is -3.33. The minimum atomic E-state index is -0.461. The number of unbranched alkanes of at least 4 members (excludes halogenated alkanes) is 2. The summed E-state index contributed by atoms with van der Waals surface area (Å²) in [5.74, 6) is 1.05. The molecule has 0 radical (unpaired) electrons. The smallest absolute Gasteiger partial charge is 0.276 e. The van der Waals surface area contributed by atoms with Crippen LogP contribution in [0.4, 0.5) is 0 Å². The standard InChI is InChI=1S/C22H27N3O5S/c1-3-4-5-14-29-18-8-6-16(7-9-18)21(27)23-22(31)25-24-20(26)15-30-19-12-10-17(28-2)11-13-19/h6-13H,3-5,14-15H2,1-2H3,(H,24,26)(H2,23,25,27,31). The van der Waals surface area contributed by atoms with E-state index < -0.39 is 11.8 Å². The molecule has 2 rings (SSSR count). The number of carbonyl (C=O) groups excluding carboxylic acids is 2. The Morgan fingerprint density at radius 2 is 1.48 bits per heavy atom. The minimum absolute atomic E-state index is 0.0392. The van der Waals surface area contributed by atoms with E-state index in [2.05, 4.69) is 23.1 Å². The fraction of sp³-hybridized carbons (Fsp3) is 0.318. The molecule has 9 heteroatoms. The number of hydrogen-bond acceptors (Lipinski definition) is 6. The molecule has 0 aromatic heterocycles. The Morgan fingerprint density at radius 1 is 0.871 bits per heavy atom. The first-order chi connectivity index (χ1) is 15.0. The first-order valence-electron chi connectivity index (χ1n) is 9.91. The van der Waals surface area contributed by atoms with Crippen molar-refractivity contribution in [1.29, 1.82) is 0 Å². The van der Waals surface area contributed by atoms with E-state index in [1.165, 1.54) is 0 Å². The van der Waals surface area contributed by atoms with Crippen molar-refractivity contribution in [3.8, 4) is 17.2 Å². The van der Waals surface area contributed by atoms with Crippen LogP contribution in [0.15, 0.2) is 48.5 Å². The third kappa shape index (κ3) is 8.91. The van der Waals surface area contributed by atoms with Crippen LogP contribution < -0.4 is 30.4 Å². The molecule has 0 heterocycles. The van der Waals surface area contributed by atoms with Gasteiger partial charge in [-0.05, 0) is 67.2 Å². The molecule has 0 atom stereocenters. The van der Waals surface area contributed by atoms with E-state index in [-0.39, 0.29) is 11.7 Å². The van der Waals surface area contributed by atoms with Gasteiger partial charge in [0, 0.05) is 5.56 Å². The molecule has 0 saturated heterocycles. The molecule has 0 spiro atoms. The third-order valence-corrected chi connectivity index (χ3v) is 4.31. The summed E-state index contributed by atoms with van der Waals surface area (Å²) in [5, 5.41) is 2.45. The van der Waals surface area contributed by atoms with E-state index in [9.17, 15) is 9.59 Å². The van der Waals surface area contributed by atoms with Gasteiger partial charge in [-0.3, -0.25) is 25.8 Å². The van der Waals surface area contributed by atoms with Crippen molar-refractivity contribution in [2.45, 2.75) is 26.2 Å². The highest BCUT2D eigenvalue weighted by Crippen LogP contribution is 2.16. The van der Waals surface area contributed by atoms with Crippen molar-refractivity contribution >= 4 is 29.1 Å². The molecular formula is C22H27N3O5S. The highest BCUT2D eigenvalue weighted by atomic mass is 32.1. The quantitative estimate of drug-likeness (QED) is 0.294. The summed E-state index contributed by atoms with van der Waals surface area (Å²) in [5.41, 5.74) is 5.24. The molecule has 3 N–H and O–H groups in total. The average molecular weight is 446 g/mol. The zero-order valence-electron chi connectivity index (χ0n) is 17.6. The van der Waals surface area contributed by atoms with Gasteiger partial charge in [-0.15, -0.1) is 0 Å². The zero-order chi connectivity index (χ0) is 22.5. The molecule has 8 nitrogen and oxygen atoms in total. The largest absolute Gasteiger partial charge is 0.497 e. The maximum Gasteiger partial charge on any atom is 0.276 e. The molecule has 0 saturated carbocycles. The number of ether oxygens (including phenoxy) is 3. The molecule has 0 bridgehead atoms. The van der Waals surface area contributed by atoms with E-state index >= 15 is 0 Å². The molecule has 0 aliphatic carbocycles. The number of benzene rings is 2. The lowest BCUT2D eigenvalue weighted by atomic mass is 10.2. The van der Waals surface area contributed by atoms with Crippen molar-refractivity contribution in [3.05, 3.63) is 54.1 Å². The monoisotopic (exact) mass is 445 g/mol. The normalized spacial score (nSPS) is 10.0. The van der Waals surface area contributed by atoms with Crippen LogP contribution in [0.25, 0.3) is 0 Å². The Kier molecular flexibility index (Phi) is 10.1. The summed E-state index contributed by atoms with van der Waals surface area (Å²) in [6.07, 6.45) is 3.25. The Morgan fingerprint density at radius 3 is 2.13 bits per heavy atom. The van der Waals surface area contributed by atoms with Crippen LogP contribution in [0, 0.1) is 0 Å². The molecule has 2 amide bonds. The predicted molar refractivity (Wildman–Crippen MR) is 121 cm³/mol. The van der Waals surface area contributed by atoms with E-state index in [0.29, 0.717) is 29.4 Å². The number of carbonyl (C=O) groups is 2. The highest BCUT2D eigenvalue weighted by Gasteiger charge is 2.09. The highest BCUT2D eigenvalue weighted by molar-refractivity contribution is 7.80. The number of hydrogen-bond donors (Lipinski definition) is 3. The van der Waals surface area contributed by atoms with Gasteiger partial charge in [0.25, 0.3) is 11.8 Å². The van der Waals surface area contributed by atoms with Gasteiger partial charge >= 0.3 is 0 Å². The van der Waals surface area contributed by atoms with Gasteiger partial charge in [0.05, 0.1) is 13.7 Å². The summed E-state index contributed by atoms with van der Waals surface area (Å²) in [7, 11) is 1.57. The molecule has 166 valence electrons. The summed E-state index contributed by atoms with van der Waals surface area (Å²) >= 11 is 5.02. The number of methoxy groups -OCH3 is 1. The maximum atomic E-state index is 12.2. The summed E-state index contributed by atoms with van der Waals surface area (Å²) < 4.78 is 16.0. The minimum Gasteiger partial charge on any atom is -0.497 e. The van der Waals surface area contributed by atoms with Crippen LogP contribution in [0.1, 0.15) is 36.5 Å².